The summed E-state index contributed by atoms with van der Waals surface area (Å²) in [6.45, 7) is 3.85. The Morgan fingerprint density at radius 2 is 2.36 bits per heavy atom. The van der Waals surface area contributed by atoms with Gasteiger partial charge in [-0.3, -0.25) is 8.93 Å². The summed E-state index contributed by atoms with van der Waals surface area (Å²) in [5.74, 6) is -0.569. The number of halogens is 2. The number of nitrogens with two attached hydrogens (primary N) is 1. The molecule has 1 aromatic heterocycles. The van der Waals surface area contributed by atoms with Gasteiger partial charge in [-0.1, -0.05) is 0 Å². The van der Waals surface area contributed by atoms with Gasteiger partial charge in [-0.2, -0.15) is 5.26 Å². The van der Waals surface area contributed by atoms with Crippen molar-refractivity contribution in [3.8, 4) is 6.07 Å². The molecule has 22 heavy (non-hydrogen) atoms. The van der Waals surface area contributed by atoms with Crippen molar-refractivity contribution in [1.82, 2.24) is 9.71 Å². The SMILES string of the molecule is C[C@](N)(C[SH]1(=O)NCCC[C@]1(C)C#N)c1nc(Br)ccc1F. The molecule has 8 heteroatoms. The van der Waals surface area contributed by atoms with Crippen LogP contribution in [0.5, 0.6) is 0 Å². The van der Waals surface area contributed by atoms with Crippen molar-refractivity contribution in [2.24, 2.45) is 5.73 Å². The van der Waals surface area contributed by atoms with Crippen molar-refractivity contribution >= 4 is 26.0 Å². The molecule has 0 aromatic carbocycles. The van der Waals surface area contributed by atoms with Crippen molar-refractivity contribution in [3.63, 3.8) is 0 Å². The Morgan fingerprint density at radius 1 is 1.68 bits per heavy atom. The zero-order chi connectivity index (χ0) is 16.6. The lowest BCUT2D eigenvalue weighted by Gasteiger charge is -2.45. The first kappa shape index (κ1) is 17.5. The number of pyridine rings is 1. The highest BCUT2D eigenvalue weighted by molar-refractivity contribution is 9.10. The molecule has 3 N–H and O–H groups in total. The molecule has 0 bridgehead atoms. The van der Waals surface area contributed by atoms with Crippen LogP contribution in [0.1, 0.15) is 32.4 Å². The normalized spacial score (nSPS) is 28.4. The molecular formula is C14H20BrFN4OS. The van der Waals surface area contributed by atoms with Crippen LogP contribution in [0.25, 0.3) is 0 Å². The van der Waals surface area contributed by atoms with Crippen LogP contribution in [-0.2, 0) is 15.7 Å². The van der Waals surface area contributed by atoms with E-state index in [1.165, 1.54) is 12.1 Å². The topological polar surface area (TPSA) is 91.8 Å². The molecule has 0 aliphatic carbocycles. The number of hydrogen-bond donors (Lipinski definition) is 3. The molecule has 2 atom stereocenters. The van der Waals surface area contributed by atoms with Gasteiger partial charge in [0.05, 0.1) is 17.3 Å². The zero-order valence-electron chi connectivity index (χ0n) is 12.6. The van der Waals surface area contributed by atoms with Crippen LogP contribution in [0, 0.1) is 17.1 Å². The maximum atomic E-state index is 14.1. The third-order valence-electron chi connectivity index (χ3n) is 4.15. The van der Waals surface area contributed by atoms with E-state index >= 15 is 0 Å². The lowest BCUT2D eigenvalue weighted by molar-refractivity contribution is 0.467. The molecule has 1 aromatic rings. The van der Waals surface area contributed by atoms with Crippen LogP contribution < -0.4 is 10.5 Å². The van der Waals surface area contributed by atoms with Gasteiger partial charge in [0.1, 0.15) is 15.2 Å². The van der Waals surface area contributed by atoms with Gasteiger partial charge in [0, 0.05) is 12.3 Å². The minimum atomic E-state index is -3.12. The average molecular weight is 391 g/mol. The lowest BCUT2D eigenvalue weighted by atomic mass is 10.0. The fraction of sp³-hybridized carbons (Fsp3) is 0.571. The number of nitrogens with zero attached hydrogens (tertiary/aromatic N) is 2. The van der Waals surface area contributed by atoms with E-state index in [-0.39, 0.29) is 11.4 Å². The minimum absolute atomic E-state index is 0.0234. The first-order valence-corrected chi connectivity index (χ1v) is 9.69. The van der Waals surface area contributed by atoms with Crippen LogP contribution in [-0.4, -0.2) is 26.2 Å². The number of aromatic nitrogens is 1. The summed E-state index contributed by atoms with van der Waals surface area (Å²) in [7, 11) is -3.12. The number of rotatable bonds is 3. The number of nitriles is 1. The van der Waals surface area contributed by atoms with E-state index < -0.39 is 26.2 Å². The first-order valence-electron chi connectivity index (χ1n) is 7.00. The molecule has 2 heterocycles. The molecule has 1 fully saturated rings. The minimum Gasteiger partial charge on any atom is -0.320 e. The van der Waals surface area contributed by atoms with Gasteiger partial charge in [-0.15, -0.1) is 0 Å². The third-order valence-corrected chi connectivity index (χ3v) is 8.35. The predicted octanol–water partition coefficient (Wildman–Crippen LogP) is 1.75. The average Bonchev–Trinajstić information content (AvgIpc) is 2.44. The number of nitrogens with one attached hydrogen (secondary N) is 1. The van der Waals surface area contributed by atoms with E-state index in [2.05, 4.69) is 31.7 Å². The molecule has 122 valence electrons. The highest BCUT2D eigenvalue weighted by Gasteiger charge is 2.46. The number of hydrogen-bond acceptors (Lipinski definition) is 4. The predicted molar refractivity (Wildman–Crippen MR) is 89.1 cm³/mol. The van der Waals surface area contributed by atoms with Crippen molar-refractivity contribution < 1.29 is 8.60 Å². The van der Waals surface area contributed by atoms with Gasteiger partial charge in [-0.25, -0.2) is 9.37 Å². The highest BCUT2D eigenvalue weighted by Crippen LogP contribution is 2.35. The largest absolute Gasteiger partial charge is 0.320 e. The summed E-state index contributed by atoms with van der Waals surface area (Å²) in [5, 5.41) is 9.45. The fourth-order valence-corrected chi connectivity index (χ4v) is 6.16. The number of thiol groups is 1. The summed E-state index contributed by atoms with van der Waals surface area (Å²) in [5.41, 5.74) is 5.06. The van der Waals surface area contributed by atoms with E-state index in [0.717, 1.165) is 6.42 Å². The van der Waals surface area contributed by atoms with Crippen molar-refractivity contribution in [1.29, 1.82) is 5.26 Å². The fourth-order valence-electron chi connectivity index (χ4n) is 2.77. The van der Waals surface area contributed by atoms with Crippen LogP contribution in [0.15, 0.2) is 16.7 Å². The van der Waals surface area contributed by atoms with Gasteiger partial charge < -0.3 is 5.73 Å². The van der Waals surface area contributed by atoms with E-state index in [9.17, 15) is 13.9 Å². The highest BCUT2D eigenvalue weighted by atomic mass is 79.9. The lowest BCUT2D eigenvalue weighted by Crippen LogP contribution is -2.60. The van der Waals surface area contributed by atoms with Gasteiger partial charge in [0.25, 0.3) is 0 Å². The second-order valence-electron chi connectivity index (χ2n) is 6.18. The summed E-state index contributed by atoms with van der Waals surface area (Å²) < 4.78 is 29.9. The molecule has 1 saturated heterocycles. The molecule has 0 radical (unpaired) electrons. The molecule has 1 aliphatic rings. The summed E-state index contributed by atoms with van der Waals surface area (Å²) >= 11 is 3.19. The van der Waals surface area contributed by atoms with Crippen LogP contribution in [0.4, 0.5) is 4.39 Å². The Kier molecular flexibility index (Phi) is 4.74. The molecule has 0 saturated carbocycles. The maximum Gasteiger partial charge on any atom is 0.146 e. The zero-order valence-corrected chi connectivity index (χ0v) is 15.0. The van der Waals surface area contributed by atoms with E-state index in [0.29, 0.717) is 17.6 Å². The van der Waals surface area contributed by atoms with Crippen LogP contribution >= 0.6 is 15.9 Å². The molecular weight excluding hydrogens is 371 g/mol. The van der Waals surface area contributed by atoms with Crippen LogP contribution in [0.3, 0.4) is 0 Å². The molecule has 5 nitrogen and oxygen atoms in total. The van der Waals surface area contributed by atoms with Crippen LogP contribution in [0.2, 0.25) is 0 Å². The molecule has 0 unspecified atom stereocenters. The van der Waals surface area contributed by atoms with Crippen molar-refractivity contribution in [3.05, 3.63) is 28.2 Å². The van der Waals surface area contributed by atoms with Crippen molar-refractivity contribution in [2.45, 2.75) is 37.0 Å². The van der Waals surface area contributed by atoms with Gasteiger partial charge in [0.15, 0.2) is 0 Å². The Bertz CT molecular complexity index is 675. The quantitative estimate of drug-likeness (QED) is 0.541. The van der Waals surface area contributed by atoms with E-state index in [1.807, 2.05) is 0 Å². The van der Waals surface area contributed by atoms with E-state index in [1.54, 1.807) is 13.8 Å². The Hall–Kier alpha value is -0.880. The second-order valence-corrected chi connectivity index (χ2v) is 10.1. The summed E-state index contributed by atoms with van der Waals surface area (Å²) in [4.78, 5) is 4.10. The summed E-state index contributed by atoms with van der Waals surface area (Å²) in [6.07, 6.45) is 1.32. The van der Waals surface area contributed by atoms with Gasteiger partial charge in [-0.05, 0) is 64.9 Å². The molecule has 1 aliphatic heterocycles. The Morgan fingerprint density at radius 3 is 3.00 bits per heavy atom. The Labute approximate surface area is 139 Å². The van der Waals surface area contributed by atoms with E-state index in [4.69, 9.17) is 5.73 Å². The smallest absolute Gasteiger partial charge is 0.146 e. The molecule has 0 amide bonds. The summed E-state index contributed by atoms with van der Waals surface area (Å²) in [6, 6.07) is 4.92. The monoisotopic (exact) mass is 390 g/mol. The van der Waals surface area contributed by atoms with Crippen molar-refractivity contribution in [2.75, 3.05) is 12.3 Å². The molecule has 0 spiro atoms. The van der Waals surface area contributed by atoms with Gasteiger partial charge >= 0.3 is 0 Å². The molecule has 2 rings (SSSR count). The third kappa shape index (κ3) is 3.08. The second kappa shape index (κ2) is 5.96. The maximum absolute atomic E-state index is 14.1. The van der Waals surface area contributed by atoms with Gasteiger partial charge in [0.2, 0.25) is 0 Å². The standard InChI is InChI=1S/C14H20BrFN4OS/c1-13(8-17)6-3-7-19-22(13,21)9-14(2,18)12-10(16)4-5-11(15)20-12/h4-5,22H,3,6-7,9,18H2,1-2H3,(H,19,21)/t13-,14+/m1/s1. The Balaban J connectivity index is 2.41. The first-order chi connectivity index (χ1) is 10.1.